The monoisotopic (exact) mass is 330 g/mol. The number of fused-ring (bicyclic) bond motifs is 1. The summed E-state index contributed by atoms with van der Waals surface area (Å²) in [5.41, 5.74) is -0.160. The van der Waals surface area contributed by atoms with Crippen LogP contribution in [0.15, 0.2) is 36.4 Å². The highest BCUT2D eigenvalue weighted by molar-refractivity contribution is 5.88. The molecule has 0 bridgehead atoms. The average molecular weight is 330 g/mol. The summed E-state index contributed by atoms with van der Waals surface area (Å²) in [6.07, 6.45) is 2.53. The van der Waals surface area contributed by atoms with Gasteiger partial charge in [-0.2, -0.15) is 0 Å². The quantitative estimate of drug-likeness (QED) is 0.693. The minimum atomic E-state index is -0.958. The first kappa shape index (κ1) is 18.3. The Kier molecular flexibility index (Phi) is 6.21. The lowest BCUT2D eigenvalue weighted by atomic mass is 9.79. The summed E-state index contributed by atoms with van der Waals surface area (Å²) in [6.45, 7) is 5.01. The van der Waals surface area contributed by atoms with Gasteiger partial charge in [0.2, 0.25) is 0 Å². The van der Waals surface area contributed by atoms with Crippen molar-refractivity contribution >= 4 is 16.7 Å². The van der Waals surface area contributed by atoms with E-state index in [2.05, 4.69) is 6.92 Å². The van der Waals surface area contributed by atoms with Crippen LogP contribution in [-0.2, 0) is 14.9 Å². The van der Waals surface area contributed by atoms with Crippen molar-refractivity contribution in [2.75, 3.05) is 20.3 Å². The first-order valence-corrected chi connectivity index (χ1v) is 8.40. The van der Waals surface area contributed by atoms with E-state index in [4.69, 9.17) is 9.47 Å². The van der Waals surface area contributed by atoms with E-state index in [1.165, 1.54) is 0 Å². The van der Waals surface area contributed by atoms with Crippen LogP contribution in [0.2, 0.25) is 0 Å². The number of aliphatic carboxylic acids is 1. The van der Waals surface area contributed by atoms with E-state index >= 15 is 0 Å². The molecule has 130 valence electrons. The second-order valence-electron chi connectivity index (χ2n) is 6.28. The SMILES string of the molecule is CCCCOCC[C@@](C)(C(=O)O)c1ccc2cc(OC)ccc2c1. The third-order valence-corrected chi connectivity index (χ3v) is 4.55. The Balaban J connectivity index is 2.23. The minimum Gasteiger partial charge on any atom is -0.497 e. The molecule has 0 saturated carbocycles. The zero-order valence-corrected chi connectivity index (χ0v) is 14.7. The van der Waals surface area contributed by atoms with Crippen molar-refractivity contribution < 1.29 is 19.4 Å². The maximum atomic E-state index is 11.9. The van der Waals surface area contributed by atoms with E-state index in [-0.39, 0.29) is 0 Å². The van der Waals surface area contributed by atoms with Crippen molar-refractivity contribution in [1.29, 1.82) is 0 Å². The average Bonchev–Trinajstić information content (AvgIpc) is 2.60. The van der Waals surface area contributed by atoms with E-state index in [1.54, 1.807) is 14.0 Å². The molecule has 24 heavy (non-hydrogen) atoms. The topological polar surface area (TPSA) is 55.8 Å². The van der Waals surface area contributed by atoms with Gasteiger partial charge in [0.25, 0.3) is 0 Å². The first-order chi connectivity index (χ1) is 11.5. The number of ether oxygens (including phenoxy) is 2. The number of hydrogen-bond donors (Lipinski definition) is 1. The number of carboxylic acids is 1. The molecule has 0 spiro atoms. The molecule has 0 radical (unpaired) electrons. The Hall–Kier alpha value is -2.07. The summed E-state index contributed by atoms with van der Waals surface area (Å²) >= 11 is 0. The van der Waals surface area contributed by atoms with Crippen LogP contribution in [-0.4, -0.2) is 31.4 Å². The van der Waals surface area contributed by atoms with Gasteiger partial charge < -0.3 is 14.6 Å². The fourth-order valence-electron chi connectivity index (χ4n) is 2.69. The van der Waals surface area contributed by atoms with Crippen LogP contribution in [0.5, 0.6) is 5.75 Å². The molecule has 1 N–H and O–H groups in total. The molecule has 0 aromatic heterocycles. The van der Waals surface area contributed by atoms with E-state index in [1.807, 2.05) is 36.4 Å². The molecular weight excluding hydrogens is 304 g/mol. The maximum Gasteiger partial charge on any atom is 0.313 e. The van der Waals surface area contributed by atoms with Crippen LogP contribution in [0.4, 0.5) is 0 Å². The lowest BCUT2D eigenvalue weighted by Gasteiger charge is -2.25. The van der Waals surface area contributed by atoms with E-state index in [0.29, 0.717) is 19.6 Å². The van der Waals surface area contributed by atoms with Crippen LogP contribution < -0.4 is 4.74 Å². The van der Waals surface area contributed by atoms with Crippen LogP contribution in [0.3, 0.4) is 0 Å². The number of unbranched alkanes of at least 4 members (excludes halogenated alkanes) is 1. The molecule has 2 aromatic rings. The van der Waals surface area contributed by atoms with Gasteiger partial charge in [-0.1, -0.05) is 37.6 Å². The van der Waals surface area contributed by atoms with Gasteiger partial charge in [0.05, 0.1) is 12.5 Å². The van der Waals surface area contributed by atoms with Crippen molar-refractivity contribution in [2.24, 2.45) is 0 Å². The van der Waals surface area contributed by atoms with Gasteiger partial charge in [0, 0.05) is 13.2 Å². The highest BCUT2D eigenvalue weighted by atomic mass is 16.5. The van der Waals surface area contributed by atoms with Crippen molar-refractivity contribution in [3.63, 3.8) is 0 Å². The molecule has 0 unspecified atom stereocenters. The fraction of sp³-hybridized carbons (Fsp3) is 0.450. The normalized spacial score (nSPS) is 13.6. The molecule has 2 aromatic carbocycles. The number of carbonyl (C=O) groups is 1. The van der Waals surface area contributed by atoms with E-state index < -0.39 is 11.4 Å². The molecule has 0 saturated heterocycles. The van der Waals surface area contributed by atoms with Gasteiger partial charge in [-0.3, -0.25) is 4.79 Å². The van der Waals surface area contributed by atoms with Crippen molar-refractivity contribution in [3.05, 3.63) is 42.0 Å². The molecule has 2 rings (SSSR count). The molecule has 0 amide bonds. The molecule has 0 aliphatic heterocycles. The summed E-state index contributed by atoms with van der Waals surface area (Å²) in [4.78, 5) is 11.9. The number of rotatable bonds is 9. The lowest BCUT2D eigenvalue weighted by molar-refractivity contribution is -0.144. The number of methoxy groups -OCH3 is 1. The second kappa shape index (κ2) is 8.15. The van der Waals surface area contributed by atoms with Crippen LogP contribution in [0, 0.1) is 0 Å². The minimum absolute atomic E-state index is 0.448. The molecule has 0 aliphatic carbocycles. The summed E-state index contributed by atoms with van der Waals surface area (Å²) in [7, 11) is 1.63. The van der Waals surface area contributed by atoms with Gasteiger partial charge >= 0.3 is 5.97 Å². The van der Waals surface area contributed by atoms with Gasteiger partial charge in [-0.15, -0.1) is 0 Å². The molecule has 0 aliphatic rings. The summed E-state index contributed by atoms with van der Waals surface area (Å²) in [5.74, 6) is -0.0324. The summed E-state index contributed by atoms with van der Waals surface area (Å²) in [5, 5.41) is 11.8. The number of benzene rings is 2. The van der Waals surface area contributed by atoms with Gasteiger partial charge in [0.15, 0.2) is 0 Å². The van der Waals surface area contributed by atoms with Gasteiger partial charge in [-0.25, -0.2) is 0 Å². The zero-order valence-electron chi connectivity index (χ0n) is 14.7. The smallest absolute Gasteiger partial charge is 0.313 e. The first-order valence-electron chi connectivity index (χ1n) is 8.40. The molecule has 0 fully saturated rings. The largest absolute Gasteiger partial charge is 0.497 e. The molecule has 0 heterocycles. The Labute approximate surface area is 143 Å². The highest BCUT2D eigenvalue weighted by Crippen LogP contribution is 2.31. The Bertz CT molecular complexity index is 695. The molecular formula is C20H26O4. The second-order valence-corrected chi connectivity index (χ2v) is 6.28. The predicted octanol–water partition coefficient (Wildman–Crippen LogP) is 4.40. The zero-order chi connectivity index (χ0) is 17.6. The Morgan fingerprint density at radius 3 is 2.50 bits per heavy atom. The fourth-order valence-corrected chi connectivity index (χ4v) is 2.69. The van der Waals surface area contributed by atoms with Crippen molar-refractivity contribution in [2.45, 2.75) is 38.5 Å². The third-order valence-electron chi connectivity index (χ3n) is 4.55. The molecule has 1 atom stereocenters. The third kappa shape index (κ3) is 4.06. The Morgan fingerprint density at radius 1 is 1.12 bits per heavy atom. The van der Waals surface area contributed by atoms with E-state index in [0.717, 1.165) is 34.9 Å². The van der Waals surface area contributed by atoms with E-state index in [9.17, 15) is 9.90 Å². The molecule has 4 nitrogen and oxygen atoms in total. The number of hydrogen-bond acceptors (Lipinski definition) is 3. The summed E-state index contributed by atoms with van der Waals surface area (Å²) in [6, 6.07) is 11.6. The van der Waals surface area contributed by atoms with Crippen molar-refractivity contribution in [3.8, 4) is 5.75 Å². The van der Waals surface area contributed by atoms with Crippen LogP contribution >= 0.6 is 0 Å². The molecule has 4 heteroatoms. The summed E-state index contributed by atoms with van der Waals surface area (Å²) < 4.78 is 10.8. The predicted molar refractivity (Wildman–Crippen MR) is 95.8 cm³/mol. The van der Waals surface area contributed by atoms with Crippen LogP contribution in [0.25, 0.3) is 10.8 Å². The van der Waals surface area contributed by atoms with Gasteiger partial charge in [-0.05, 0) is 48.2 Å². The maximum absolute atomic E-state index is 11.9. The van der Waals surface area contributed by atoms with Crippen LogP contribution in [0.1, 0.15) is 38.7 Å². The number of carboxylic acid groups (broad SMARTS) is 1. The highest BCUT2D eigenvalue weighted by Gasteiger charge is 2.35. The Morgan fingerprint density at radius 2 is 1.83 bits per heavy atom. The lowest BCUT2D eigenvalue weighted by Crippen LogP contribution is -2.33. The standard InChI is InChI=1S/C20H26O4/c1-4-5-11-24-12-10-20(2,19(21)22)17-8-6-16-14-18(23-3)9-7-15(16)13-17/h6-9,13-14H,4-5,10-12H2,1-3H3,(H,21,22)/t20-/m1/s1. The van der Waals surface area contributed by atoms with Crippen molar-refractivity contribution in [1.82, 2.24) is 0 Å². The van der Waals surface area contributed by atoms with Gasteiger partial charge in [0.1, 0.15) is 5.75 Å².